The van der Waals surface area contributed by atoms with E-state index < -0.39 is 11.6 Å². The molecule has 184 valence electrons. The SMILES string of the molecule is N#CCC1(n2cc(-c3ncnc4[nH]ccc34)cn2)CN(C2CCN(Cc3cc(F)cc(F)c3)CC2)C1. The van der Waals surface area contributed by atoms with Crippen LogP contribution in [0.3, 0.4) is 0 Å². The van der Waals surface area contributed by atoms with Gasteiger partial charge in [0, 0.05) is 55.1 Å². The van der Waals surface area contributed by atoms with Crippen molar-refractivity contribution < 1.29 is 8.78 Å². The van der Waals surface area contributed by atoms with Crippen LogP contribution in [0, 0.1) is 23.0 Å². The molecule has 10 heteroatoms. The number of piperidine rings is 1. The average molecular weight is 489 g/mol. The number of nitrogens with zero attached hydrogens (tertiary/aromatic N) is 7. The van der Waals surface area contributed by atoms with E-state index in [4.69, 9.17) is 0 Å². The van der Waals surface area contributed by atoms with E-state index in [2.05, 4.69) is 35.9 Å². The maximum absolute atomic E-state index is 13.5. The number of nitrogens with one attached hydrogen (secondary N) is 1. The number of benzene rings is 1. The second-order valence-electron chi connectivity index (χ2n) is 9.89. The average Bonchev–Trinajstić information content (AvgIpc) is 3.51. The molecule has 36 heavy (non-hydrogen) atoms. The number of aromatic nitrogens is 5. The Labute approximate surface area is 207 Å². The summed E-state index contributed by atoms with van der Waals surface area (Å²) < 4.78 is 29.0. The number of halogens is 2. The molecule has 5 heterocycles. The quantitative estimate of drug-likeness (QED) is 0.445. The van der Waals surface area contributed by atoms with Gasteiger partial charge in [0.15, 0.2) is 0 Å². The first-order valence-corrected chi connectivity index (χ1v) is 12.1. The molecule has 0 unspecified atom stereocenters. The highest BCUT2D eigenvalue weighted by Gasteiger charge is 2.48. The highest BCUT2D eigenvalue weighted by molar-refractivity contribution is 5.89. The van der Waals surface area contributed by atoms with Crippen molar-refractivity contribution in [3.63, 3.8) is 0 Å². The summed E-state index contributed by atoms with van der Waals surface area (Å²) in [6.07, 6.45) is 9.54. The zero-order chi connectivity index (χ0) is 24.7. The van der Waals surface area contributed by atoms with Gasteiger partial charge >= 0.3 is 0 Å². The Morgan fingerprint density at radius 1 is 1.11 bits per heavy atom. The van der Waals surface area contributed by atoms with Gasteiger partial charge in [0.05, 0.1) is 24.4 Å². The van der Waals surface area contributed by atoms with E-state index in [0.29, 0.717) is 24.6 Å². The van der Waals surface area contributed by atoms with Gasteiger partial charge in [-0.05, 0) is 49.7 Å². The molecule has 0 spiro atoms. The zero-order valence-electron chi connectivity index (χ0n) is 19.7. The van der Waals surface area contributed by atoms with Crippen LogP contribution in [0.25, 0.3) is 22.3 Å². The molecule has 0 saturated carbocycles. The third-order valence-corrected chi connectivity index (χ3v) is 7.50. The number of hydrogen-bond acceptors (Lipinski definition) is 6. The number of H-pyrrole nitrogens is 1. The maximum Gasteiger partial charge on any atom is 0.141 e. The highest BCUT2D eigenvalue weighted by Crippen LogP contribution is 2.37. The van der Waals surface area contributed by atoms with Crippen LogP contribution >= 0.6 is 0 Å². The van der Waals surface area contributed by atoms with E-state index in [1.54, 1.807) is 6.33 Å². The van der Waals surface area contributed by atoms with Gasteiger partial charge in [-0.1, -0.05) is 0 Å². The molecule has 0 atom stereocenters. The summed E-state index contributed by atoms with van der Waals surface area (Å²) in [6, 6.07) is 8.46. The lowest BCUT2D eigenvalue weighted by Gasteiger charge is -2.53. The Bertz CT molecular complexity index is 1400. The summed E-state index contributed by atoms with van der Waals surface area (Å²) >= 11 is 0. The van der Waals surface area contributed by atoms with Gasteiger partial charge in [-0.25, -0.2) is 18.7 Å². The predicted molar refractivity (Wildman–Crippen MR) is 130 cm³/mol. The monoisotopic (exact) mass is 488 g/mol. The van der Waals surface area contributed by atoms with Crippen LogP contribution < -0.4 is 0 Å². The fourth-order valence-corrected chi connectivity index (χ4v) is 5.66. The van der Waals surface area contributed by atoms with E-state index in [1.165, 1.54) is 12.1 Å². The lowest BCUT2D eigenvalue weighted by Crippen LogP contribution is -2.66. The van der Waals surface area contributed by atoms with Crippen LogP contribution in [0.2, 0.25) is 0 Å². The Kier molecular flexibility index (Phi) is 5.74. The van der Waals surface area contributed by atoms with E-state index in [9.17, 15) is 14.0 Å². The minimum Gasteiger partial charge on any atom is -0.346 e. The second kappa shape index (κ2) is 9.08. The number of nitriles is 1. The topological polar surface area (TPSA) is 89.7 Å². The first kappa shape index (κ1) is 22.8. The van der Waals surface area contributed by atoms with Gasteiger partial charge in [-0.2, -0.15) is 10.4 Å². The van der Waals surface area contributed by atoms with Crippen LogP contribution in [0.4, 0.5) is 8.78 Å². The molecular weight excluding hydrogens is 462 g/mol. The van der Waals surface area contributed by atoms with Crippen LogP contribution in [0.1, 0.15) is 24.8 Å². The van der Waals surface area contributed by atoms with E-state index in [0.717, 1.165) is 67.4 Å². The Balaban J connectivity index is 1.11. The fourth-order valence-electron chi connectivity index (χ4n) is 5.66. The van der Waals surface area contributed by atoms with Gasteiger partial charge in [0.2, 0.25) is 0 Å². The van der Waals surface area contributed by atoms with Gasteiger partial charge in [-0.3, -0.25) is 14.5 Å². The van der Waals surface area contributed by atoms with Crippen molar-refractivity contribution in [2.24, 2.45) is 0 Å². The molecule has 4 aromatic rings. The van der Waals surface area contributed by atoms with Crippen molar-refractivity contribution >= 4 is 11.0 Å². The molecule has 2 aliphatic rings. The number of rotatable bonds is 6. The van der Waals surface area contributed by atoms with Gasteiger partial charge < -0.3 is 4.98 Å². The summed E-state index contributed by atoms with van der Waals surface area (Å²) in [4.78, 5) is 16.5. The number of fused-ring (bicyclic) bond motifs is 1. The summed E-state index contributed by atoms with van der Waals surface area (Å²) in [5, 5.41) is 15.2. The van der Waals surface area contributed by atoms with Gasteiger partial charge in [0.1, 0.15) is 29.1 Å². The Morgan fingerprint density at radius 2 is 1.89 bits per heavy atom. The number of aromatic amines is 1. The van der Waals surface area contributed by atoms with E-state index in [1.807, 2.05) is 29.3 Å². The zero-order valence-corrected chi connectivity index (χ0v) is 19.7. The van der Waals surface area contributed by atoms with Crippen LogP contribution in [0.5, 0.6) is 0 Å². The van der Waals surface area contributed by atoms with Gasteiger partial charge in [-0.15, -0.1) is 0 Å². The molecule has 1 N–H and O–H groups in total. The lowest BCUT2D eigenvalue weighted by atomic mass is 9.83. The molecule has 0 aliphatic carbocycles. The minimum atomic E-state index is -0.534. The third kappa shape index (κ3) is 4.14. The number of likely N-dealkylation sites (tertiary alicyclic amines) is 2. The molecule has 3 aromatic heterocycles. The molecule has 8 nitrogen and oxygen atoms in total. The standard InChI is InChI=1S/C26H26F2N8/c27-20-9-18(10-21(28)11-20)13-34-7-2-22(3-8-34)35-15-26(16-35,4-5-29)36-14-19(12-33-36)24-23-1-6-30-25(23)32-17-31-24/h1,6,9-12,14,17,22H,2-4,7-8,13,15-16H2,(H,30,31,32). The molecule has 2 saturated heterocycles. The van der Waals surface area contributed by atoms with Crippen molar-refractivity contribution in [2.75, 3.05) is 26.2 Å². The predicted octanol–water partition coefficient (Wildman–Crippen LogP) is 3.69. The minimum absolute atomic E-state index is 0.354. The van der Waals surface area contributed by atoms with E-state index in [-0.39, 0.29) is 5.54 Å². The molecule has 0 radical (unpaired) electrons. The Hall–Kier alpha value is -3.68. The van der Waals surface area contributed by atoms with E-state index >= 15 is 0 Å². The molecular formula is C26H26F2N8. The van der Waals surface area contributed by atoms with Crippen molar-refractivity contribution in [3.8, 4) is 17.3 Å². The third-order valence-electron chi connectivity index (χ3n) is 7.50. The highest BCUT2D eigenvalue weighted by atomic mass is 19.1. The summed E-state index contributed by atoms with van der Waals surface area (Å²) in [5.74, 6) is -1.07. The molecule has 1 aromatic carbocycles. The number of hydrogen-bond donors (Lipinski definition) is 1. The molecule has 0 bridgehead atoms. The lowest BCUT2D eigenvalue weighted by molar-refractivity contribution is -0.0436. The first-order valence-electron chi connectivity index (χ1n) is 12.1. The molecule has 6 rings (SSSR count). The first-order chi connectivity index (χ1) is 17.5. The van der Waals surface area contributed by atoms with Crippen molar-refractivity contribution in [1.29, 1.82) is 5.26 Å². The second-order valence-corrected chi connectivity index (χ2v) is 9.89. The summed E-state index contributed by atoms with van der Waals surface area (Å²) in [7, 11) is 0. The Morgan fingerprint density at radius 3 is 2.64 bits per heavy atom. The van der Waals surface area contributed by atoms with Crippen LogP contribution in [0.15, 0.2) is 49.2 Å². The fraction of sp³-hybridized carbons (Fsp3) is 0.385. The van der Waals surface area contributed by atoms with Crippen LogP contribution in [-0.2, 0) is 12.1 Å². The summed E-state index contributed by atoms with van der Waals surface area (Å²) in [6.45, 7) is 3.83. The van der Waals surface area contributed by atoms with Crippen molar-refractivity contribution in [3.05, 3.63) is 66.4 Å². The van der Waals surface area contributed by atoms with Crippen LogP contribution in [-0.4, -0.2) is 66.8 Å². The molecule has 0 amide bonds. The van der Waals surface area contributed by atoms with Crippen molar-refractivity contribution in [2.45, 2.75) is 37.4 Å². The molecule has 2 fully saturated rings. The maximum atomic E-state index is 13.5. The normalized spacial score (nSPS) is 18.8. The summed E-state index contributed by atoms with van der Waals surface area (Å²) in [5.41, 5.74) is 2.82. The van der Waals surface area contributed by atoms with Crippen molar-refractivity contribution in [1.82, 2.24) is 34.5 Å². The van der Waals surface area contributed by atoms with Gasteiger partial charge in [0.25, 0.3) is 0 Å². The smallest absolute Gasteiger partial charge is 0.141 e. The largest absolute Gasteiger partial charge is 0.346 e. The molecule has 2 aliphatic heterocycles.